The molecule has 0 aliphatic carbocycles. The number of carbonyl (C=O) groups is 2. The highest BCUT2D eigenvalue weighted by atomic mass is 28.3. The number of nitrogens with zero attached hydrogens (tertiary/aromatic N) is 5. The highest BCUT2D eigenvalue weighted by molar-refractivity contribution is 6.91. The van der Waals surface area contributed by atoms with E-state index in [0.717, 1.165) is 33.8 Å². The smallest absolute Gasteiger partial charge is 0.414 e. The number of cyclic esters (lactones) is 1. The number of hydrogen-bond acceptors (Lipinski definition) is 9. The summed E-state index contributed by atoms with van der Waals surface area (Å²) in [5.74, 6) is 0.846. The van der Waals surface area contributed by atoms with Gasteiger partial charge in [-0.25, -0.2) is 4.79 Å². The molecule has 2 fully saturated rings. The highest BCUT2D eigenvalue weighted by Gasteiger charge is 2.66. The Bertz CT molecular complexity index is 2230. The molecule has 296 valence electrons. The molecule has 13 heteroatoms. The molecule has 0 radical (unpaired) electrons. The second-order valence-corrected chi connectivity index (χ2v) is 20.4. The Labute approximate surface area is 333 Å². The summed E-state index contributed by atoms with van der Waals surface area (Å²) in [4.78, 5) is 31.0. The molecule has 3 aliphatic heterocycles. The van der Waals surface area contributed by atoms with Gasteiger partial charge < -0.3 is 29.0 Å². The van der Waals surface area contributed by atoms with E-state index >= 15 is 4.79 Å². The molecule has 12 nitrogen and oxygen atoms in total. The lowest BCUT2D eigenvalue weighted by Gasteiger charge is -2.37. The van der Waals surface area contributed by atoms with Crippen LogP contribution >= 0.6 is 0 Å². The number of carbonyl (C=O) groups excluding carboxylic acids is 2. The summed E-state index contributed by atoms with van der Waals surface area (Å²) < 4.78 is 25.6. The molecule has 0 saturated carbocycles. The van der Waals surface area contributed by atoms with Crippen LogP contribution in [0.15, 0.2) is 103 Å². The molecule has 1 spiro atoms. The zero-order chi connectivity index (χ0) is 39.9. The molecule has 4 heterocycles. The number of fused-ring (bicyclic) bond motifs is 2. The second kappa shape index (κ2) is 15.4. The van der Waals surface area contributed by atoms with Crippen molar-refractivity contribution in [3.8, 4) is 11.5 Å². The number of aromatic nitrogens is 3. The molecule has 1 unspecified atom stereocenters. The summed E-state index contributed by atoms with van der Waals surface area (Å²) in [5.41, 5.74) is 3.69. The van der Waals surface area contributed by atoms with Gasteiger partial charge in [0.1, 0.15) is 18.1 Å². The lowest BCUT2D eigenvalue weighted by molar-refractivity contribution is -0.146. The third-order valence-corrected chi connectivity index (χ3v) is 16.7. The summed E-state index contributed by atoms with van der Waals surface area (Å²) in [6.45, 7) is 8.53. The zero-order valence-corrected chi connectivity index (χ0v) is 34.0. The summed E-state index contributed by atoms with van der Waals surface area (Å²) >= 11 is 0. The molecule has 1 N–H and O–H groups in total. The molecule has 5 atom stereocenters. The summed E-state index contributed by atoms with van der Waals surface area (Å²) in [6, 6.07) is 31.7. The minimum absolute atomic E-state index is 0.0193. The molecule has 0 bridgehead atoms. The summed E-state index contributed by atoms with van der Waals surface area (Å²) in [7, 11) is 0.906. The fourth-order valence-corrected chi connectivity index (χ4v) is 13.4. The van der Waals surface area contributed by atoms with Gasteiger partial charge in [0.05, 0.1) is 65.4 Å². The number of ether oxygens (including phenoxy) is 4. The predicted octanol–water partition coefficient (Wildman–Crippen LogP) is 6.23. The Morgan fingerprint density at radius 3 is 2.33 bits per heavy atom. The van der Waals surface area contributed by atoms with Gasteiger partial charge in [0.25, 0.3) is 5.91 Å². The van der Waals surface area contributed by atoms with Gasteiger partial charge in [0.2, 0.25) is 0 Å². The predicted molar refractivity (Wildman–Crippen MR) is 219 cm³/mol. The van der Waals surface area contributed by atoms with Crippen molar-refractivity contribution >= 4 is 36.6 Å². The Balaban J connectivity index is 1.14. The van der Waals surface area contributed by atoms with Crippen LogP contribution in [0.5, 0.6) is 11.5 Å². The first-order valence-electron chi connectivity index (χ1n) is 19.5. The summed E-state index contributed by atoms with van der Waals surface area (Å²) in [6.07, 6.45) is 1.84. The maximum absolute atomic E-state index is 15.3. The monoisotopic (exact) mass is 787 g/mol. The van der Waals surface area contributed by atoms with Crippen molar-refractivity contribution in [2.45, 2.75) is 62.7 Å². The first-order chi connectivity index (χ1) is 27.6. The number of hydrogen-bond donors (Lipinski definition) is 1. The van der Waals surface area contributed by atoms with Crippen molar-refractivity contribution in [2.24, 2.45) is 5.92 Å². The van der Waals surface area contributed by atoms with Crippen LogP contribution < -0.4 is 24.5 Å². The SMILES string of the molecule is COc1ccc([Si](C)(C)[C@@H]2[C@@H](CCn3cc(C(CO)c4ccccc4)nn3)O[C@]3(C(=O)N(Cc4ccc(N5CCOC5=O)cc4)c4ccc(OC)cc43)[C@H]2C)cc1. The Hall–Kier alpha value is -5.50. The first-order valence-corrected chi connectivity index (χ1v) is 22.6. The van der Waals surface area contributed by atoms with E-state index in [1.807, 2.05) is 101 Å². The van der Waals surface area contributed by atoms with Crippen LogP contribution in [0.1, 0.15) is 41.6 Å². The molecule has 57 heavy (non-hydrogen) atoms. The molecule has 4 aromatic carbocycles. The van der Waals surface area contributed by atoms with Gasteiger partial charge in [-0.15, -0.1) is 5.10 Å². The van der Waals surface area contributed by atoms with Gasteiger partial charge in [-0.2, -0.15) is 0 Å². The maximum Gasteiger partial charge on any atom is 0.414 e. The molecule has 2 saturated heterocycles. The van der Waals surface area contributed by atoms with Crippen molar-refractivity contribution in [3.63, 3.8) is 0 Å². The summed E-state index contributed by atoms with van der Waals surface area (Å²) in [5, 5.41) is 20.5. The van der Waals surface area contributed by atoms with Crippen LogP contribution in [0, 0.1) is 5.92 Å². The second-order valence-electron chi connectivity index (χ2n) is 15.7. The molecule has 1 aromatic heterocycles. The zero-order valence-electron chi connectivity index (χ0n) is 33.0. The van der Waals surface area contributed by atoms with Gasteiger partial charge >= 0.3 is 6.09 Å². The number of aliphatic hydroxyl groups is 1. The van der Waals surface area contributed by atoms with E-state index in [1.165, 1.54) is 5.19 Å². The van der Waals surface area contributed by atoms with Crippen LogP contribution in [0.25, 0.3) is 0 Å². The molecule has 5 aromatic rings. The average molecular weight is 788 g/mol. The standard InChI is InChI=1S/C44H49N5O7Si/c1-29-41(57(4,5)35-18-15-33(53-2)16-19-35)40(21-22-47-27-38(45-46-47)36(28-50)31-9-7-6-8-10-31)56-44(29)37-25-34(54-3)17-20-39(37)49(42(44)51)26-30-11-13-32(14-12-30)48-23-24-55-43(48)52/h6-20,25,27,29,36,40-41,50H,21-24,26,28H2,1-5H3/t29-,36?,40+,41-,44+/m0/s1. The number of benzene rings is 4. The van der Waals surface area contributed by atoms with E-state index in [-0.39, 0.29) is 42.1 Å². The van der Waals surface area contributed by atoms with Crippen LogP contribution in [-0.4, -0.2) is 80.3 Å². The fourth-order valence-electron chi connectivity index (χ4n) is 9.34. The topological polar surface area (TPSA) is 128 Å². The van der Waals surface area contributed by atoms with Crippen LogP contribution in [0.2, 0.25) is 18.6 Å². The molecular weight excluding hydrogens is 739 g/mol. The Morgan fingerprint density at radius 1 is 0.947 bits per heavy atom. The van der Waals surface area contributed by atoms with E-state index < -0.39 is 13.7 Å². The number of rotatable bonds is 13. The largest absolute Gasteiger partial charge is 0.497 e. The van der Waals surface area contributed by atoms with E-state index in [9.17, 15) is 9.90 Å². The van der Waals surface area contributed by atoms with Gasteiger partial charge in [0, 0.05) is 29.9 Å². The average Bonchev–Trinajstić information content (AvgIpc) is 4.01. The van der Waals surface area contributed by atoms with E-state index in [1.54, 1.807) is 19.1 Å². The van der Waals surface area contributed by atoms with Crippen LogP contribution in [0.3, 0.4) is 0 Å². The highest BCUT2D eigenvalue weighted by Crippen LogP contribution is 2.60. The number of methoxy groups -OCH3 is 2. The van der Waals surface area contributed by atoms with Gasteiger partial charge in [-0.3, -0.25) is 14.4 Å². The lowest BCUT2D eigenvalue weighted by Crippen LogP contribution is -2.51. The lowest BCUT2D eigenvalue weighted by atomic mass is 9.82. The van der Waals surface area contributed by atoms with Crippen LogP contribution in [-0.2, 0) is 33.0 Å². The third-order valence-electron chi connectivity index (χ3n) is 12.3. The fraction of sp³-hybridized carbons (Fsp3) is 0.364. The Kier molecular flexibility index (Phi) is 10.4. The van der Waals surface area contributed by atoms with Crippen molar-refractivity contribution in [1.82, 2.24) is 15.0 Å². The molecule has 2 amide bonds. The number of aliphatic hydroxyl groups excluding tert-OH is 1. The van der Waals surface area contributed by atoms with Crippen LogP contribution in [0.4, 0.5) is 16.2 Å². The van der Waals surface area contributed by atoms with Gasteiger partial charge in [-0.1, -0.05) is 85.0 Å². The van der Waals surface area contributed by atoms with Crippen molar-refractivity contribution in [1.29, 1.82) is 0 Å². The van der Waals surface area contributed by atoms with E-state index in [2.05, 4.69) is 42.5 Å². The first kappa shape index (κ1) is 38.4. The quantitative estimate of drug-likeness (QED) is 0.138. The third kappa shape index (κ3) is 6.77. The number of anilines is 2. The van der Waals surface area contributed by atoms with Gasteiger partial charge in [0.15, 0.2) is 5.60 Å². The van der Waals surface area contributed by atoms with Crippen molar-refractivity contribution < 1.29 is 33.6 Å². The minimum Gasteiger partial charge on any atom is -0.497 e. The van der Waals surface area contributed by atoms with Crippen molar-refractivity contribution in [2.75, 3.05) is 43.8 Å². The van der Waals surface area contributed by atoms with Gasteiger partial charge in [-0.05, 0) is 65.6 Å². The maximum atomic E-state index is 15.3. The number of amides is 2. The normalized spacial score (nSPS) is 22.2. The van der Waals surface area contributed by atoms with E-state index in [4.69, 9.17) is 18.9 Å². The van der Waals surface area contributed by atoms with E-state index in [0.29, 0.717) is 44.1 Å². The Morgan fingerprint density at radius 2 is 1.67 bits per heavy atom. The number of aryl methyl sites for hydroxylation is 1. The molecular formula is C44H49N5O7Si. The molecule has 8 rings (SSSR count). The van der Waals surface area contributed by atoms with Crippen molar-refractivity contribution in [3.05, 3.63) is 126 Å². The molecule has 3 aliphatic rings. The minimum atomic E-state index is -2.40.